The van der Waals surface area contributed by atoms with Gasteiger partial charge in [-0.2, -0.15) is 4.31 Å². The van der Waals surface area contributed by atoms with Crippen molar-refractivity contribution in [3.05, 3.63) is 65.5 Å². The third-order valence-electron chi connectivity index (χ3n) is 5.21. The van der Waals surface area contributed by atoms with Gasteiger partial charge in [0, 0.05) is 11.9 Å². The number of benzene rings is 2. The first-order valence-corrected chi connectivity index (χ1v) is 11.3. The Morgan fingerprint density at radius 2 is 1.70 bits per heavy atom. The monoisotopic (exact) mass is 409 g/mol. The van der Waals surface area contributed by atoms with Gasteiger partial charge in [0.05, 0.1) is 10.9 Å². The summed E-state index contributed by atoms with van der Waals surface area (Å²) >= 11 is 5.80. The molecule has 1 fully saturated rings. The van der Waals surface area contributed by atoms with Crippen LogP contribution in [0, 0.1) is 12.7 Å². The summed E-state index contributed by atoms with van der Waals surface area (Å²) in [6.07, 6.45) is 4.09. The Labute approximate surface area is 166 Å². The van der Waals surface area contributed by atoms with E-state index in [0.29, 0.717) is 10.8 Å². The number of unbranched alkanes of at least 4 members (excludes halogenated alkanes) is 1. The lowest BCUT2D eigenvalue weighted by Crippen LogP contribution is -2.37. The van der Waals surface area contributed by atoms with Crippen molar-refractivity contribution in [1.29, 1.82) is 0 Å². The molecule has 2 aromatic rings. The number of nitrogens with zero attached hydrogens (tertiary/aromatic N) is 1. The van der Waals surface area contributed by atoms with E-state index in [4.69, 9.17) is 11.6 Å². The van der Waals surface area contributed by atoms with Crippen molar-refractivity contribution >= 4 is 21.6 Å². The molecule has 27 heavy (non-hydrogen) atoms. The zero-order chi connectivity index (χ0) is 19.4. The van der Waals surface area contributed by atoms with E-state index >= 15 is 0 Å². The first kappa shape index (κ1) is 20.3. The van der Waals surface area contributed by atoms with Crippen LogP contribution in [0.1, 0.15) is 49.3 Å². The van der Waals surface area contributed by atoms with E-state index in [-0.39, 0.29) is 17.9 Å². The summed E-state index contributed by atoms with van der Waals surface area (Å²) in [5, 5.41) is 0. The predicted octanol–water partition coefficient (Wildman–Crippen LogP) is 5.44. The lowest BCUT2D eigenvalue weighted by Gasteiger charge is -2.30. The summed E-state index contributed by atoms with van der Waals surface area (Å²) in [4.78, 5) is 0.310. The Kier molecular flexibility index (Phi) is 6.56. The van der Waals surface area contributed by atoms with Gasteiger partial charge in [-0.25, -0.2) is 12.8 Å². The maximum absolute atomic E-state index is 13.5. The molecule has 6 heteroatoms. The van der Waals surface area contributed by atoms with E-state index in [1.807, 2.05) is 19.1 Å². The minimum atomic E-state index is -3.64. The van der Waals surface area contributed by atoms with Crippen LogP contribution < -0.4 is 0 Å². The molecule has 1 aliphatic rings. The van der Waals surface area contributed by atoms with Gasteiger partial charge in [-0.05, 0) is 62.4 Å². The second-order valence-electron chi connectivity index (χ2n) is 7.13. The number of hydrogen-bond acceptors (Lipinski definition) is 2. The Balaban J connectivity index is 1.96. The molecule has 0 spiro atoms. The molecule has 146 valence electrons. The van der Waals surface area contributed by atoms with Crippen LogP contribution in [0.5, 0.6) is 0 Å². The summed E-state index contributed by atoms with van der Waals surface area (Å²) in [6, 6.07) is 12.8. The molecule has 1 aliphatic heterocycles. The lowest BCUT2D eigenvalue weighted by molar-refractivity contribution is 0.309. The van der Waals surface area contributed by atoms with Crippen molar-refractivity contribution in [3.63, 3.8) is 0 Å². The van der Waals surface area contributed by atoms with E-state index in [0.717, 1.165) is 43.2 Å². The highest BCUT2D eigenvalue weighted by Crippen LogP contribution is 2.42. The topological polar surface area (TPSA) is 37.4 Å². The van der Waals surface area contributed by atoms with Crippen LogP contribution in [0.15, 0.2) is 53.4 Å². The fraction of sp³-hybridized carbons (Fsp3) is 0.429. The van der Waals surface area contributed by atoms with Crippen LogP contribution >= 0.6 is 11.6 Å². The second kappa shape index (κ2) is 8.72. The average Bonchev–Trinajstić information content (AvgIpc) is 3.08. The summed E-state index contributed by atoms with van der Waals surface area (Å²) in [5.41, 5.74) is 1.86. The van der Waals surface area contributed by atoms with Gasteiger partial charge in [-0.3, -0.25) is 0 Å². The molecule has 2 atom stereocenters. The van der Waals surface area contributed by atoms with Crippen molar-refractivity contribution in [2.45, 2.75) is 56.0 Å². The number of hydrogen-bond donors (Lipinski definition) is 0. The van der Waals surface area contributed by atoms with Crippen LogP contribution in [0.25, 0.3) is 0 Å². The Morgan fingerprint density at radius 1 is 1.04 bits per heavy atom. The molecule has 2 aromatic carbocycles. The Morgan fingerprint density at radius 3 is 2.33 bits per heavy atom. The molecule has 0 radical (unpaired) electrons. The van der Waals surface area contributed by atoms with E-state index in [2.05, 4.69) is 0 Å². The van der Waals surface area contributed by atoms with E-state index in [1.165, 1.54) is 12.1 Å². The highest BCUT2D eigenvalue weighted by atomic mass is 35.5. The van der Waals surface area contributed by atoms with Crippen LogP contribution in [0.2, 0.25) is 0 Å². The summed E-state index contributed by atoms with van der Waals surface area (Å²) in [6.45, 7) is 1.93. The predicted molar refractivity (Wildman–Crippen MR) is 107 cm³/mol. The van der Waals surface area contributed by atoms with Gasteiger partial charge in [-0.1, -0.05) is 36.2 Å². The highest BCUT2D eigenvalue weighted by molar-refractivity contribution is 7.89. The number of sulfonamides is 1. The smallest absolute Gasteiger partial charge is 0.207 e. The van der Waals surface area contributed by atoms with Crippen molar-refractivity contribution in [3.8, 4) is 0 Å². The summed E-state index contributed by atoms with van der Waals surface area (Å²) in [5.74, 6) is 0.266. The standard InChI is InChI=1S/C21H25ClFNO2S/c1-16-5-12-20(13-6-16)27(25,26)24-19(4-2-3-15-22)11-14-21(24)17-7-9-18(23)10-8-17/h5-10,12-13,19,21H,2-4,11,14-15H2,1H3/t19-,21-/m0/s1. The molecule has 0 amide bonds. The van der Waals surface area contributed by atoms with Gasteiger partial charge in [0.2, 0.25) is 10.0 Å². The van der Waals surface area contributed by atoms with Crippen molar-refractivity contribution in [2.75, 3.05) is 5.88 Å². The van der Waals surface area contributed by atoms with Crippen LogP contribution in [0.3, 0.4) is 0 Å². The molecule has 1 heterocycles. The average molecular weight is 410 g/mol. The second-order valence-corrected chi connectivity index (χ2v) is 9.35. The minimum Gasteiger partial charge on any atom is -0.207 e. The van der Waals surface area contributed by atoms with Crippen LogP contribution in [-0.2, 0) is 10.0 Å². The molecule has 0 saturated carbocycles. The number of rotatable bonds is 7. The molecule has 0 N–H and O–H groups in total. The Bertz CT molecular complexity index is 853. The van der Waals surface area contributed by atoms with E-state index in [1.54, 1.807) is 28.6 Å². The Hall–Kier alpha value is -1.43. The largest absolute Gasteiger partial charge is 0.243 e. The summed E-state index contributed by atoms with van der Waals surface area (Å²) in [7, 11) is -3.64. The minimum absolute atomic E-state index is 0.0606. The molecular formula is C21H25ClFNO2S. The number of halogens is 2. The van der Waals surface area contributed by atoms with E-state index < -0.39 is 10.0 Å². The third kappa shape index (κ3) is 4.53. The zero-order valence-corrected chi connectivity index (χ0v) is 17.0. The molecule has 0 aliphatic carbocycles. The van der Waals surface area contributed by atoms with Gasteiger partial charge in [0.25, 0.3) is 0 Å². The van der Waals surface area contributed by atoms with Crippen LogP contribution in [-0.4, -0.2) is 24.6 Å². The summed E-state index contributed by atoms with van der Waals surface area (Å²) < 4.78 is 41.9. The van der Waals surface area contributed by atoms with Gasteiger partial charge in [0.15, 0.2) is 0 Å². The zero-order valence-electron chi connectivity index (χ0n) is 15.4. The van der Waals surface area contributed by atoms with E-state index in [9.17, 15) is 12.8 Å². The molecule has 0 bridgehead atoms. The maximum Gasteiger partial charge on any atom is 0.243 e. The molecule has 0 aromatic heterocycles. The SMILES string of the molecule is Cc1ccc(S(=O)(=O)N2[C@@H](CCCCCl)CC[C@H]2c2ccc(F)cc2)cc1. The molecule has 3 nitrogen and oxygen atoms in total. The first-order chi connectivity index (χ1) is 12.9. The quantitative estimate of drug-likeness (QED) is 0.451. The van der Waals surface area contributed by atoms with Gasteiger partial charge >= 0.3 is 0 Å². The molecule has 0 unspecified atom stereocenters. The fourth-order valence-corrected chi connectivity index (χ4v) is 5.88. The molecular weight excluding hydrogens is 385 g/mol. The molecule has 1 saturated heterocycles. The van der Waals surface area contributed by atoms with Crippen molar-refractivity contribution < 1.29 is 12.8 Å². The molecule has 3 rings (SSSR count). The first-order valence-electron chi connectivity index (χ1n) is 9.35. The third-order valence-corrected chi connectivity index (χ3v) is 7.46. The normalized spacial score (nSPS) is 20.9. The van der Waals surface area contributed by atoms with Crippen molar-refractivity contribution in [1.82, 2.24) is 4.31 Å². The van der Waals surface area contributed by atoms with Gasteiger partial charge in [-0.15, -0.1) is 11.6 Å². The number of aryl methyl sites for hydroxylation is 1. The maximum atomic E-state index is 13.5. The highest BCUT2D eigenvalue weighted by Gasteiger charge is 2.42. The van der Waals surface area contributed by atoms with Crippen molar-refractivity contribution in [2.24, 2.45) is 0 Å². The fourth-order valence-electron chi connectivity index (χ4n) is 3.80. The van der Waals surface area contributed by atoms with Crippen LogP contribution in [0.4, 0.5) is 4.39 Å². The number of alkyl halides is 1. The van der Waals surface area contributed by atoms with Gasteiger partial charge in [0.1, 0.15) is 5.82 Å². The lowest BCUT2D eigenvalue weighted by atomic mass is 10.0. The van der Waals surface area contributed by atoms with Gasteiger partial charge < -0.3 is 0 Å².